The van der Waals surface area contributed by atoms with Crippen molar-refractivity contribution >= 4 is 5.69 Å². The standard InChI is InChI=1S/C16H23N5O/c1-12(16-18-13(2)19-22-16)21-8-6-20(7-9-21)11-14-4-3-5-15(17)10-14/h3-5,10,12H,6-9,11,17H2,1-2H3. The van der Waals surface area contributed by atoms with Gasteiger partial charge in [0.25, 0.3) is 0 Å². The quantitative estimate of drug-likeness (QED) is 0.869. The Morgan fingerprint density at radius 3 is 2.68 bits per heavy atom. The summed E-state index contributed by atoms with van der Waals surface area (Å²) in [6.07, 6.45) is 0. The number of piperazine rings is 1. The average molecular weight is 301 g/mol. The van der Waals surface area contributed by atoms with Crippen LogP contribution in [0.25, 0.3) is 0 Å². The van der Waals surface area contributed by atoms with Crippen molar-refractivity contribution in [2.45, 2.75) is 26.4 Å². The second-order valence-electron chi connectivity index (χ2n) is 5.91. The molecule has 0 aliphatic carbocycles. The fourth-order valence-electron chi connectivity index (χ4n) is 2.90. The van der Waals surface area contributed by atoms with Crippen LogP contribution < -0.4 is 5.73 Å². The number of hydrogen-bond donors (Lipinski definition) is 1. The van der Waals surface area contributed by atoms with Gasteiger partial charge < -0.3 is 10.3 Å². The van der Waals surface area contributed by atoms with Gasteiger partial charge in [-0.1, -0.05) is 17.3 Å². The van der Waals surface area contributed by atoms with E-state index in [0.717, 1.165) is 38.4 Å². The molecule has 1 aromatic heterocycles. The highest BCUT2D eigenvalue weighted by atomic mass is 16.5. The van der Waals surface area contributed by atoms with Crippen molar-refractivity contribution in [1.82, 2.24) is 19.9 Å². The zero-order valence-corrected chi connectivity index (χ0v) is 13.2. The number of benzene rings is 1. The van der Waals surface area contributed by atoms with E-state index in [-0.39, 0.29) is 6.04 Å². The molecule has 6 nitrogen and oxygen atoms in total. The van der Waals surface area contributed by atoms with Gasteiger partial charge in [0, 0.05) is 38.4 Å². The highest BCUT2D eigenvalue weighted by molar-refractivity contribution is 5.40. The maximum absolute atomic E-state index is 5.84. The van der Waals surface area contributed by atoms with Gasteiger partial charge in [0.2, 0.25) is 5.89 Å². The summed E-state index contributed by atoms with van der Waals surface area (Å²) in [6, 6.07) is 8.30. The number of anilines is 1. The fraction of sp³-hybridized carbons (Fsp3) is 0.500. The average Bonchev–Trinajstić information content (AvgIpc) is 2.94. The van der Waals surface area contributed by atoms with Crippen molar-refractivity contribution < 1.29 is 4.52 Å². The molecule has 2 heterocycles. The summed E-state index contributed by atoms with van der Waals surface area (Å²) in [6.45, 7) is 9.00. The van der Waals surface area contributed by atoms with Crippen molar-refractivity contribution in [3.8, 4) is 0 Å². The van der Waals surface area contributed by atoms with Crippen LogP contribution in [0.1, 0.15) is 30.2 Å². The van der Waals surface area contributed by atoms with E-state index in [0.29, 0.717) is 11.7 Å². The zero-order valence-electron chi connectivity index (χ0n) is 13.2. The van der Waals surface area contributed by atoms with Crippen molar-refractivity contribution in [2.75, 3.05) is 31.9 Å². The second-order valence-corrected chi connectivity index (χ2v) is 5.91. The lowest BCUT2D eigenvalue weighted by Crippen LogP contribution is -2.46. The minimum absolute atomic E-state index is 0.177. The Kier molecular flexibility index (Phi) is 4.40. The summed E-state index contributed by atoms with van der Waals surface area (Å²) in [5.41, 5.74) is 7.94. The number of nitrogens with zero attached hydrogens (tertiary/aromatic N) is 4. The zero-order chi connectivity index (χ0) is 15.5. The molecule has 2 aromatic rings. The van der Waals surface area contributed by atoms with E-state index < -0.39 is 0 Å². The number of nitrogen functional groups attached to an aromatic ring is 1. The van der Waals surface area contributed by atoms with Gasteiger partial charge in [-0.15, -0.1) is 0 Å². The van der Waals surface area contributed by atoms with Gasteiger partial charge in [0.15, 0.2) is 5.82 Å². The van der Waals surface area contributed by atoms with Gasteiger partial charge in [0.1, 0.15) is 0 Å². The number of aryl methyl sites for hydroxylation is 1. The molecule has 0 radical (unpaired) electrons. The highest BCUT2D eigenvalue weighted by Gasteiger charge is 2.25. The molecule has 1 aliphatic rings. The molecule has 1 aromatic carbocycles. The first-order valence-electron chi connectivity index (χ1n) is 7.73. The Morgan fingerprint density at radius 1 is 1.27 bits per heavy atom. The van der Waals surface area contributed by atoms with Crippen molar-refractivity contribution in [1.29, 1.82) is 0 Å². The fourth-order valence-corrected chi connectivity index (χ4v) is 2.90. The van der Waals surface area contributed by atoms with E-state index in [1.165, 1.54) is 5.56 Å². The van der Waals surface area contributed by atoms with Crippen LogP contribution in [-0.2, 0) is 6.54 Å². The topological polar surface area (TPSA) is 71.4 Å². The highest BCUT2D eigenvalue weighted by Crippen LogP contribution is 2.20. The van der Waals surface area contributed by atoms with Crippen LogP contribution in [0.4, 0.5) is 5.69 Å². The normalized spacial score (nSPS) is 18.5. The van der Waals surface area contributed by atoms with Crippen molar-refractivity contribution in [2.24, 2.45) is 0 Å². The smallest absolute Gasteiger partial charge is 0.243 e. The van der Waals surface area contributed by atoms with E-state index in [9.17, 15) is 0 Å². The SMILES string of the molecule is Cc1noc(C(C)N2CCN(Cc3cccc(N)c3)CC2)n1. The van der Waals surface area contributed by atoms with Gasteiger partial charge in [-0.2, -0.15) is 4.98 Å². The number of rotatable bonds is 4. The Morgan fingerprint density at radius 2 is 2.05 bits per heavy atom. The van der Waals surface area contributed by atoms with Crippen molar-refractivity contribution in [3.63, 3.8) is 0 Å². The molecule has 1 atom stereocenters. The molecule has 1 saturated heterocycles. The Bertz CT molecular complexity index is 619. The molecule has 0 spiro atoms. The molecule has 3 rings (SSSR count). The minimum Gasteiger partial charge on any atom is -0.399 e. The number of nitrogens with two attached hydrogens (primary N) is 1. The van der Waals surface area contributed by atoms with Crippen LogP contribution in [0, 0.1) is 6.92 Å². The summed E-state index contributed by atoms with van der Waals surface area (Å²) in [4.78, 5) is 9.18. The third-order valence-electron chi connectivity index (χ3n) is 4.21. The largest absolute Gasteiger partial charge is 0.399 e. The third-order valence-corrected chi connectivity index (χ3v) is 4.21. The molecule has 0 saturated carbocycles. The first-order valence-corrected chi connectivity index (χ1v) is 7.73. The minimum atomic E-state index is 0.177. The number of aromatic nitrogens is 2. The first-order chi connectivity index (χ1) is 10.6. The lowest BCUT2D eigenvalue weighted by atomic mass is 10.1. The van der Waals surface area contributed by atoms with Gasteiger partial charge in [-0.05, 0) is 31.5 Å². The van der Waals surface area contributed by atoms with Crippen LogP contribution in [-0.4, -0.2) is 46.1 Å². The van der Waals surface area contributed by atoms with Crippen LogP contribution >= 0.6 is 0 Å². The molecular formula is C16H23N5O. The van der Waals surface area contributed by atoms with Crippen LogP contribution in [0.15, 0.2) is 28.8 Å². The van der Waals surface area contributed by atoms with Gasteiger partial charge in [-0.25, -0.2) is 0 Å². The van der Waals surface area contributed by atoms with Crippen LogP contribution in [0.5, 0.6) is 0 Å². The predicted molar refractivity (Wildman–Crippen MR) is 85.2 cm³/mol. The summed E-state index contributed by atoms with van der Waals surface area (Å²) in [5.74, 6) is 1.41. The summed E-state index contributed by atoms with van der Waals surface area (Å²) in [7, 11) is 0. The Hall–Kier alpha value is -1.92. The molecule has 1 unspecified atom stereocenters. The van der Waals surface area contributed by atoms with Gasteiger partial charge >= 0.3 is 0 Å². The molecule has 1 fully saturated rings. The van der Waals surface area contributed by atoms with E-state index in [1.54, 1.807) is 0 Å². The molecule has 6 heteroatoms. The lowest BCUT2D eigenvalue weighted by molar-refractivity contribution is 0.0845. The summed E-state index contributed by atoms with van der Waals surface area (Å²) >= 11 is 0. The predicted octanol–water partition coefficient (Wildman–Crippen LogP) is 1.84. The summed E-state index contributed by atoms with van der Waals surface area (Å²) < 4.78 is 5.28. The van der Waals surface area contributed by atoms with Gasteiger partial charge in [-0.3, -0.25) is 9.80 Å². The Balaban J connectivity index is 1.54. The molecule has 22 heavy (non-hydrogen) atoms. The third kappa shape index (κ3) is 3.45. The van der Waals surface area contributed by atoms with Crippen LogP contribution in [0.3, 0.4) is 0 Å². The molecule has 2 N–H and O–H groups in total. The first kappa shape index (κ1) is 15.0. The van der Waals surface area contributed by atoms with E-state index in [1.807, 2.05) is 19.1 Å². The Labute approximate surface area is 130 Å². The molecule has 0 bridgehead atoms. The molecule has 0 amide bonds. The van der Waals surface area contributed by atoms with E-state index >= 15 is 0 Å². The van der Waals surface area contributed by atoms with E-state index in [4.69, 9.17) is 10.3 Å². The monoisotopic (exact) mass is 301 g/mol. The number of hydrogen-bond acceptors (Lipinski definition) is 6. The maximum atomic E-state index is 5.84. The van der Waals surface area contributed by atoms with Crippen LogP contribution in [0.2, 0.25) is 0 Å². The molecular weight excluding hydrogens is 278 g/mol. The van der Waals surface area contributed by atoms with Crippen molar-refractivity contribution in [3.05, 3.63) is 41.5 Å². The molecule has 118 valence electrons. The van der Waals surface area contributed by atoms with E-state index in [2.05, 4.69) is 39.0 Å². The maximum Gasteiger partial charge on any atom is 0.243 e. The lowest BCUT2D eigenvalue weighted by Gasteiger charge is -2.36. The summed E-state index contributed by atoms with van der Waals surface area (Å²) in [5, 5.41) is 3.88. The van der Waals surface area contributed by atoms with Gasteiger partial charge in [0.05, 0.1) is 6.04 Å². The second kappa shape index (κ2) is 6.46. The molecule has 1 aliphatic heterocycles.